The first-order valence-corrected chi connectivity index (χ1v) is 9.27. The molecule has 0 N–H and O–H groups in total. The standard InChI is InChI=1S/C14H19BrOS.CH4S.Na/c1-8-9(2)13-11(10(3)12(8)15)6-14(4,16-13)7-17-5;1-2;/h6-7H2,1-5H3;2H,1H3;/q;;+1/p-1. The normalized spacial score (nSPS) is 19.4. The Hall–Kier alpha value is 1.20. The van der Waals surface area contributed by atoms with Crippen LogP contribution in [0.4, 0.5) is 0 Å². The predicted octanol–water partition coefficient (Wildman–Crippen LogP) is 1.60. The molecule has 1 aromatic carbocycles. The molecular weight excluding hydrogens is 363 g/mol. The van der Waals surface area contributed by atoms with Crippen LogP contribution in [0, 0.1) is 20.8 Å². The number of halogens is 1. The largest absolute Gasteiger partial charge is 1.00 e. The summed E-state index contributed by atoms with van der Waals surface area (Å²) in [5, 5.41) is 0. The summed E-state index contributed by atoms with van der Waals surface area (Å²) in [5.41, 5.74) is 5.27. The smallest absolute Gasteiger partial charge is 0.796 e. The van der Waals surface area contributed by atoms with Gasteiger partial charge in [-0.05, 0) is 50.6 Å². The Morgan fingerprint density at radius 1 is 1.20 bits per heavy atom. The van der Waals surface area contributed by atoms with E-state index in [4.69, 9.17) is 4.74 Å². The number of fused-ring (bicyclic) bond motifs is 1. The van der Waals surface area contributed by atoms with Crippen molar-refractivity contribution < 1.29 is 34.3 Å². The number of ether oxygens (including phenoxy) is 1. The van der Waals surface area contributed by atoms with E-state index in [9.17, 15) is 0 Å². The molecule has 5 heteroatoms. The van der Waals surface area contributed by atoms with E-state index in [0.29, 0.717) is 0 Å². The van der Waals surface area contributed by atoms with Crippen LogP contribution in [0.5, 0.6) is 5.75 Å². The summed E-state index contributed by atoms with van der Waals surface area (Å²) in [6, 6.07) is 0. The molecule has 1 unspecified atom stereocenters. The number of hydrogen-bond acceptors (Lipinski definition) is 3. The van der Waals surface area contributed by atoms with Crippen molar-refractivity contribution in [3.05, 3.63) is 26.7 Å². The zero-order valence-electron chi connectivity index (χ0n) is 13.5. The third-order valence-corrected chi connectivity index (χ3v) is 5.73. The van der Waals surface area contributed by atoms with Crippen LogP contribution in [0.2, 0.25) is 0 Å². The predicted molar refractivity (Wildman–Crippen MR) is 92.8 cm³/mol. The van der Waals surface area contributed by atoms with E-state index in [1.165, 1.54) is 26.7 Å². The Labute approximate surface area is 163 Å². The number of rotatable bonds is 2. The van der Waals surface area contributed by atoms with Crippen LogP contribution in [-0.4, -0.2) is 23.9 Å². The Morgan fingerprint density at radius 3 is 2.25 bits per heavy atom. The van der Waals surface area contributed by atoms with Gasteiger partial charge in [0.2, 0.25) is 0 Å². The number of benzene rings is 1. The van der Waals surface area contributed by atoms with Crippen molar-refractivity contribution in [1.82, 2.24) is 0 Å². The van der Waals surface area contributed by atoms with Crippen LogP contribution < -0.4 is 34.3 Å². The zero-order valence-corrected chi connectivity index (χ0v) is 18.7. The number of thioether (sulfide) groups is 1. The molecule has 1 nitrogen and oxygen atoms in total. The maximum absolute atomic E-state index is 6.24. The molecule has 20 heavy (non-hydrogen) atoms. The zero-order chi connectivity index (χ0) is 14.8. The van der Waals surface area contributed by atoms with Gasteiger partial charge in [0.05, 0.1) is 0 Å². The molecule has 1 aliphatic rings. The molecule has 0 fully saturated rings. The summed E-state index contributed by atoms with van der Waals surface area (Å²) in [6.07, 6.45) is 4.74. The molecule has 108 valence electrons. The minimum Gasteiger partial charge on any atom is -0.796 e. The SMILES string of the molecule is CSCC1(C)Cc2c(C)c(Br)c(C)c(C)c2O1.C[S-].[Na+]. The van der Waals surface area contributed by atoms with E-state index in [-0.39, 0.29) is 35.2 Å². The molecule has 0 radical (unpaired) electrons. The Balaban J connectivity index is 0.00000115. The van der Waals surface area contributed by atoms with Gasteiger partial charge in [-0.15, -0.1) is 0 Å². The van der Waals surface area contributed by atoms with Crippen molar-refractivity contribution >= 4 is 40.3 Å². The van der Waals surface area contributed by atoms with E-state index in [1.807, 2.05) is 11.8 Å². The maximum Gasteiger partial charge on any atom is 1.00 e. The minimum absolute atomic E-state index is 0. The number of hydrogen-bond donors (Lipinski definition) is 0. The molecule has 2 rings (SSSR count). The van der Waals surface area contributed by atoms with E-state index in [1.54, 1.807) is 6.26 Å². The summed E-state index contributed by atoms with van der Waals surface area (Å²) >= 11 is 9.63. The van der Waals surface area contributed by atoms with Gasteiger partial charge in [0, 0.05) is 22.2 Å². The third kappa shape index (κ3) is 4.14. The van der Waals surface area contributed by atoms with Crippen LogP contribution in [0.25, 0.3) is 0 Å². The molecule has 0 saturated carbocycles. The van der Waals surface area contributed by atoms with E-state index < -0.39 is 0 Å². The van der Waals surface area contributed by atoms with Crippen molar-refractivity contribution in [2.24, 2.45) is 0 Å². The van der Waals surface area contributed by atoms with E-state index in [0.717, 1.165) is 17.9 Å². The third-order valence-electron chi connectivity index (χ3n) is 3.64. The Bertz CT molecular complexity index is 441. The fourth-order valence-corrected chi connectivity index (χ4v) is 3.85. The molecule has 0 aromatic heterocycles. The fraction of sp³-hybridized carbons (Fsp3) is 0.600. The molecule has 1 atom stereocenters. The van der Waals surface area contributed by atoms with Crippen LogP contribution in [0.3, 0.4) is 0 Å². The summed E-state index contributed by atoms with van der Waals surface area (Å²) in [7, 11) is 0. The van der Waals surface area contributed by atoms with Gasteiger partial charge in [-0.25, -0.2) is 0 Å². The second kappa shape index (κ2) is 8.73. The summed E-state index contributed by atoms with van der Waals surface area (Å²) < 4.78 is 7.48. The van der Waals surface area contributed by atoms with Gasteiger partial charge in [0.15, 0.2) is 0 Å². The van der Waals surface area contributed by atoms with Crippen LogP contribution in [-0.2, 0) is 19.0 Å². The second-order valence-electron chi connectivity index (χ2n) is 5.16. The quantitative estimate of drug-likeness (QED) is 0.566. The van der Waals surface area contributed by atoms with Gasteiger partial charge in [0.1, 0.15) is 11.4 Å². The van der Waals surface area contributed by atoms with Gasteiger partial charge in [0.25, 0.3) is 0 Å². The van der Waals surface area contributed by atoms with Gasteiger partial charge in [-0.3, -0.25) is 0 Å². The van der Waals surface area contributed by atoms with Crippen molar-refractivity contribution in [2.45, 2.75) is 39.7 Å². The molecule has 0 aliphatic carbocycles. The summed E-state index contributed by atoms with van der Waals surface area (Å²) in [4.78, 5) is 0. The van der Waals surface area contributed by atoms with Crippen LogP contribution >= 0.6 is 27.7 Å². The molecule has 0 saturated heterocycles. The second-order valence-corrected chi connectivity index (χ2v) is 6.82. The first kappa shape index (κ1) is 21.2. The van der Waals surface area contributed by atoms with Gasteiger partial charge in [-0.2, -0.15) is 18.0 Å². The van der Waals surface area contributed by atoms with Crippen molar-refractivity contribution in [2.75, 3.05) is 18.3 Å². The molecule has 0 bridgehead atoms. The van der Waals surface area contributed by atoms with Gasteiger partial charge < -0.3 is 17.4 Å². The first-order chi connectivity index (χ1) is 8.89. The molecule has 0 amide bonds. The summed E-state index contributed by atoms with van der Waals surface area (Å²) in [6.45, 7) is 8.71. The average Bonchev–Trinajstić information content (AvgIpc) is 2.75. The van der Waals surface area contributed by atoms with Crippen LogP contribution in [0.15, 0.2) is 4.47 Å². The molecule has 1 aromatic rings. The first-order valence-electron chi connectivity index (χ1n) is 6.26. The average molecular weight is 385 g/mol. The molecule has 1 aliphatic heterocycles. The van der Waals surface area contributed by atoms with Crippen LogP contribution in [0.1, 0.15) is 29.2 Å². The molecule has 1 heterocycles. The fourth-order valence-electron chi connectivity index (χ4n) is 2.54. The molecule has 0 spiro atoms. The van der Waals surface area contributed by atoms with Gasteiger partial charge >= 0.3 is 29.6 Å². The monoisotopic (exact) mass is 384 g/mol. The topological polar surface area (TPSA) is 9.23 Å². The van der Waals surface area contributed by atoms with E-state index >= 15 is 0 Å². The molecular formula is C15H22BrNaOS2. The summed E-state index contributed by atoms with van der Waals surface area (Å²) in [5.74, 6) is 2.16. The van der Waals surface area contributed by atoms with E-state index in [2.05, 4.69) is 62.5 Å². The maximum atomic E-state index is 6.24. The Kier molecular flexibility index (Phi) is 9.26. The van der Waals surface area contributed by atoms with Crippen molar-refractivity contribution in [3.8, 4) is 5.75 Å². The van der Waals surface area contributed by atoms with Crippen molar-refractivity contribution in [3.63, 3.8) is 0 Å². The van der Waals surface area contributed by atoms with Crippen molar-refractivity contribution in [1.29, 1.82) is 0 Å². The Morgan fingerprint density at radius 2 is 1.75 bits per heavy atom. The minimum atomic E-state index is -0.0372. The van der Waals surface area contributed by atoms with Gasteiger partial charge in [-0.1, -0.05) is 15.9 Å².